The molecule has 0 aliphatic rings. The summed E-state index contributed by atoms with van der Waals surface area (Å²) in [7, 11) is 1.87. The monoisotopic (exact) mass is 284 g/mol. The predicted octanol–water partition coefficient (Wildman–Crippen LogP) is 4.18. The zero-order valence-electron chi connectivity index (χ0n) is 13.7. The van der Waals surface area contributed by atoms with Gasteiger partial charge in [-0.2, -0.15) is 0 Å². The van der Waals surface area contributed by atoms with E-state index in [1.807, 2.05) is 20.9 Å². The molecule has 0 atom stereocenters. The fraction of sp³-hybridized carbons (Fsp3) is 0.412. The van der Waals surface area contributed by atoms with Gasteiger partial charge >= 0.3 is 0 Å². The lowest BCUT2D eigenvalue weighted by Crippen LogP contribution is -2.10. The van der Waals surface area contributed by atoms with E-state index >= 15 is 0 Å². The van der Waals surface area contributed by atoms with Gasteiger partial charge in [-0.05, 0) is 37.0 Å². The fourth-order valence-electron chi connectivity index (χ4n) is 2.18. The Hall–Kier alpha value is -2.10. The number of aryl methyl sites for hydroxylation is 1. The van der Waals surface area contributed by atoms with E-state index in [-0.39, 0.29) is 5.41 Å². The first-order chi connectivity index (χ1) is 9.81. The molecule has 2 rings (SSSR count). The van der Waals surface area contributed by atoms with Crippen LogP contribution in [0.4, 0.5) is 17.3 Å². The lowest BCUT2D eigenvalue weighted by molar-refractivity contribution is 0.590. The van der Waals surface area contributed by atoms with Crippen molar-refractivity contribution in [3.8, 4) is 0 Å². The average molecular weight is 284 g/mol. The molecule has 0 aliphatic carbocycles. The summed E-state index contributed by atoms with van der Waals surface area (Å²) in [5.41, 5.74) is 3.54. The number of rotatable bonds is 3. The molecule has 2 aromatic rings. The Kier molecular flexibility index (Phi) is 4.16. The van der Waals surface area contributed by atoms with E-state index in [0.717, 1.165) is 28.7 Å². The maximum Gasteiger partial charge on any atom is 0.139 e. The quantitative estimate of drug-likeness (QED) is 0.888. The van der Waals surface area contributed by atoms with Crippen LogP contribution in [0.3, 0.4) is 0 Å². The van der Waals surface area contributed by atoms with Gasteiger partial charge in [0.1, 0.15) is 17.5 Å². The Balaban J connectivity index is 2.28. The van der Waals surface area contributed by atoms with Gasteiger partial charge in [0.15, 0.2) is 0 Å². The number of benzene rings is 1. The highest BCUT2D eigenvalue weighted by molar-refractivity contribution is 5.64. The second-order valence-electron chi connectivity index (χ2n) is 6.30. The Bertz CT molecular complexity index is 624. The number of hydrogen-bond donors (Lipinski definition) is 2. The van der Waals surface area contributed by atoms with E-state index in [9.17, 15) is 0 Å². The maximum absolute atomic E-state index is 4.49. The zero-order valence-corrected chi connectivity index (χ0v) is 13.7. The molecule has 2 N–H and O–H groups in total. The van der Waals surface area contributed by atoms with Crippen molar-refractivity contribution in [2.24, 2.45) is 0 Å². The van der Waals surface area contributed by atoms with Crippen molar-refractivity contribution in [3.63, 3.8) is 0 Å². The second kappa shape index (κ2) is 5.72. The highest BCUT2D eigenvalue weighted by Crippen LogP contribution is 2.26. The molecule has 112 valence electrons. The SMILES string of the molecule is CNc1nc(C)nc(Nc2ccc(C(C)(C)C)cc2)c1C. The van der Waals surface area contributed by atoms with Crippen LogP contribution in [0.5, 0.6) is 0 Å². The van der Waals surface area contributed by atoms with Crippen molar-refractivity contribution in [2.75, 3.05) is 17.7 Å². The molecule has 0 unspecified atom stereocenters. The summed E-state index contributed by atoms with van der Waals surface area (Å²) in [4.78, 5) is 8.86. The topological polar surface area (TPSA) is 49.8 Å². The number of nitrogens with one attached hydrogen (secondary N) is 2. The Morgan fingerprint density at radius 1 is 0.905 bits per heavy atom. The second-order valence-corrected chi connectivity index (χ2v) is 6.30. The van der Waals surface area contributed by atoms with E-state index < -0.39 is 0 Å². The Morgan fingerprint density at radius 3 is 2.00 bits per heavy atom. The molecule has 4 heteroatoms. The first kappa shape index (κ1) is 15.3. The van der Waals surface area contributed by atoms with Crippen LogP contribution in [0.2, 0.25) is 0 Å². The molecule has 0 saturated heterocycles. The molecule has 0 aliphatic heterocycles. The summed E-state index contributed by atoms with van der Waals surface area (Å²) in [5, 5.41) is 6.48. The van der Waals surface area contributed by atoms with Crippen molar-refractivity contribution in [1.82, 2.24) is 9.97 Å². The molecule has 1 aromatic heterocycles. The molecular weight excluding hydrogens is 260 g/mol. The molecule has 0 radical (unpaired) electrons. The molecule has 0 bridgehead atoms. The van der Waals surface area contributed by atoms with Crippen LogP contribution in [0.15, 0.2) is 24.3 Å². The van der Waals surface area contributed by atoms with Crippen molar-refractivity contribution in [2.45, 2.75) is 40.0 Å². The summed E-state index contributed by atoms with van der Waals surface area (Å²) in [6.07, 6.45) is 0. The van der Waals surface area contributed by atoms with Crippen LogP contribution in [0.1, 0.15) is 37.7 Å². The number of nitrogens with zero attached hydrogens (tertiary/aromatic N) is 2. The van der Waals surface area contributed by atoms with Crippen LogP contribution in [-0.4, -0.2) is 17.0 Å². The lowest BCUT2D eigenvalue weighted by Gasteiger charge is -2.19. The van der Waals surface area contributed by atoms with Gasteiger partial charge in [-0.1, -0.05) is 32.9 Å². The van der Waals surface area contributed by atoms with E-state index in [1.165, 1.54) is 5.56 Å². The summed E-state index contributed by atoms with van der Waals surface area (Å²) in [6.45, 7) is 10.6. The molecule has 1 aromatic carbocycles. The van der Waals surface area contributed by atoms with E-state index in [1.54, 1.807) is 0 Å². The predicted molar refractivity (Wildman–Crippen MR) is 89.5 cm³/mol. The third-order valence-corrected chi connectivity index (χ3v) is 3.51. The van der Waals surface area contributed by atoms with Gasteiger partial charge in [-0.3, -0.25) is 0 Å². The molecule has 21 heavy (non-hydrogen) atoms. The molecule has 4 nitrogen and oxygen atoms in total. The smallest absolute Gasteiger partial charge is 0.139 e. The first-order valence-corrected chi connectivity index (χ1v) is 7.22. The van der Waals surface area contributed by atoms with Gasteiger partial charge in [0.2, 0.25) is 0 Å². The van der Waals surface area contributed by atoms with Gasteiger partial charge in [0.25, 0.3) is 0 Å². The molecule has 0 saturated carbocycles. The highest BCUT2D eigenvalue weighted by Gasteiger charge is 2.13. The third-order valence-electron chi connectivity index (χ3n) is 3.51. The number of aromatic nitrogens is 2. The van der Waals surface area contributed by atoms with Gasteiger partial charge in [-0.25, -0.2) is 9.97 Å². The van der Waals surface area contributed by atoms with Crippen molar-refractivity contribution < 1.29 is 0 Å². The fourth-order valence-corrected chi connectivity index (χ4v) is 2.18. The van der Waals surface area contributed by atoms with Crippen LogP contribution in [0.25, 0.3) is 0 Å². The summed E-state index contributed by atoms with van der Waals surface area (Å²) in [6, 6.07) is 8.50. The summed E-state index contributed by atoms with van der Waals surface area (Å²) in [5.74, 6) is 2.45. The van der Waals surface area contributed by atoms with Crippen molar-refractivity contribution in [3.05, 3.63) is 41.2 Å². The van der Waals surface area contributed by atoms with Crippen LogP contribution in [0, 0.1) is 13.8 Å². The standard InChI is InChI=1S/C17H24N4/c1-11-15(18-6)19-12(2)20-16(11)21-14-9-7-13(8-10-14)17(3,4)5/h7-10H,1-6H3,(H2,18,19,20,21). The molecule has 1 heterocycles. The van der Waals surface area contributed by atoms with Gasteiger partial charge in [0.05, 0.1) is 0 Å². The van der Waals surface area contributed by atoms with Crippen LogP contribution < -0.4 is 10.6 Å². The largest absolute Gasteiger partial charge is 0.373 e. The summed E-state index contributed by atoms with van der Waals surface area (Å²) < 4.78 is 0. The lowest BCUT2D eigenvalue weighted by atomic mass is 9.87. The minimum Gasteiger partial charge on any atom is -0.373 e. The average Bonchev–Trinajstić information content (AvgIpc) is 2.42. The molecular formula is C17H24N4. The normalized spacial score (nSPS) is 11.3. The van der Waals surface area contributed by atoms with E-state index in [0.29, 0.717) is 0 Å². The van der Waals surface area contributed by atoms with Gasteiger partial charge < -0.3 is 10.6 Å². The van der Waals surface area contributed by atoms with Gasteiger partial charge in [0, 0.05) is 18.3 Å². The molecule has 0 fully saturated rings. The van der Waals surface area contributed by atoms with E-state index in [4.69, 9.17) is 0 Å². The molecule has 0 amide bonds. The van der Waals surface area contributed by atoms with Gasteiger partial charge in [-0.15, -0.1) is 0 Å². The Labute approximate surface area is 127 Å². The maximum atomic E-state index is 4.49. The van der Waals surface area contributed by atoms with Crippen LogP contribution in [-0.2, 0) is 5.41 Å². The number of hydrogen-bond acceptors (Lipinski definition) is 4. The minimum absolute atomic E-state index is 0.166. The van der Waals surface area contributed by atoms with Crippen LogP contribution >= 0.6 is 0 Å². The third kappa shape index (κ3) is 3.51. The molecule has 0 spiro atoms. The van der Waals surface area contributed by atoms with E-state index in [2.05, 4.69) is 65.6 Å². The number of anilines is 3. The highest BCUT2D eigenvalue weighted by atomic mass is 15.1. The van der Waals surface area contributed by atoms with Crippen molar-refractivity contribution in [1.29, 1.82) is 0 Å². The Morgan fingerprint density at radius 2 is 1.48 bits per heavy atom. The minimum atomic E-state index is 0.166. The summed E-state index contributed by atoms with van der Waals surface area (Å²) >= 11 is 0. The van der Waals surface area contributed by atoms with Crippen molar-refractivity contribution >= 4 is 17.3 Å². The zero-order chi connectivity index (χ0) is 15.6. The first-order valence-electron chi connectivity index (χ1n) is 7.22.